The molecule has 0 aliphatic heterocycles. The fourth-order valence-corrected chi connectivity index (χ4v) is 6.45. The summed E-state index contributed by atoms with van der Waals surface area (Å²) in [4.78, 5) is 0. The van der Waals surface area contributed by atoms with Crippen molar-refractivity contribution < 1.29 is 13.5 Å². The van der Waals surface area contributed by atoms with Crippen molar-refractivity contribution in [3.05, 3.63) is 0 Å². The van der Waals surface area contributed by atoms with Crippen LogP contribution in [0.3, 0.4) is 0 Å². The minimum atomic E-state index is -2.96. The van der Waals surface area contributed by atoms with Crippen LogP contribution in [0.25, 0.3) is 0 Å². The van der Waals surface area contributed by atoms with Crippen LogP contribution in [0, 0.1) is 11.3 Å². The van der Waals surface area contributed by atoms with Crippen LogP contribution in [0.5, 0.6) is 0 Å². The quantitative estimate of drug-likeness (QED) is 0.849. The molecule has 21 heavy (non-hydrogen) atoms. The highest BCUT2D eigenvalue weighted by atomic mass is 32.2. The highest BCUT2D eigenvalue weighted by Gasteiger charge is 2.48. The van der Waals surface area contributed by atoms with E-state index in [0.717, 1.165) is 44.9 Å². The summed E-state index contributed by atoms with van der Waals surface area (Å²) in [6, 6.07) is 0. The Labute approximate surface area is 129 Å². The molecular formula is C17H30O3S. The molecule has 1 N–H and O–H groups in total. The van der Waals surface area contributed by atoms with E-state index in [1.165, 1.54) is 31.9 Å². The van der Waals surface area contributed by atoms with Crippen molar-refractivity contribution in [1.29, 1.82) is 0 Å². The van der Waals surface area contributed by atoms with Gasteiger partial charge in [0, 0.05) is 6.26 Å². The maximum Gasteiger partial charge on any atom is 0.150 e. The molecule has 0 aromatic carbocycles. The molecule has 3 saturated carbocycles. The summed E-state index contributed by atoms with van der Waals surface area (Å²) < 4.78 is 23.7. The summed E-state index contributed by atoms with van der Waals surface area (Å²) in [5.74, 6) is 0.199. The Morgan fingerprint density at radius 2 is 1.52 bits per heavy atom. The highest BCUT2D eigenvalue weighted by Crippen LogP contribution is 2.54. The smallest absolute Gasteiger partial charge is 0.150 e. The van der Waals surface area contributed by atoms with Crippen LogP contribution < -0.4 is 0 Å². The van der Waals surface area contributed by atoms with Crippen molar-refractivity contribution in [2.45, 2.75) is 87.9 Å². The third-order valence-corrected chi connectivity index (χ3v) is 8.47. The molecule has 0 aromatic rings. The Balaban J connectivity index is 1.66. The van der Waals surface area contributed by atoms with Crippen LogP contribution in [0.2, 0.25) is 0 Å². The summed E-state index contributed by atoms with van der Waals surface area (Å²) in [7, 11) is -2.96. The van der Waals surface area contributed by atoms with Gasteiger partial charge < -0.3 is 5.11 Å². The lowest BCUT2D eigenvalue weighted by molar-refractivity contribution is -0.0856. The van der Waals surface area contributed by atoms with Gasteiger partial charge in [0.15, 0.2) is 0 Å². The van der Waals surface area contributed by atoms with Gasteiger partial charge in [0.1, 0.15) is 9.84 Å². The summed E-state index contributed by atoms with van der Waals surface area (Å²) in [5.41, 5.74) is -0.0612. The van der Waals surface area contributed by atoms with Crippen molar-refractivity contribution in [3.8, 4) is 0 Å². The molecule has 1 spiro atoms. The van der Waals surface area contributed by atoms with Crippen LogP contribution >= 0.6 is 0 Å². The lowest BCUT2D eigenvalue weighted by Crippen LogP contribution is -2.47. The molecule has 0 amide bonds. The fourth-order valence-electron chi connectivity index (χ4n) is 5.27. The average Bonchev–Trinajstić information content (AvgIpc) is 2.91. The first-order valence-electron chi connectivity index (χ1n) is 8.74. The van der Waals surface area contributed by atoms with E-state index in [4.69, 9.17) is 0 Å². The molecule has 122 valence electrons. The summed E-state index contributed by atoms with van der Waals surface area (Å²) in [6.45, 7) is 0. The van der Waals surface area contributed by atoms with Gasteiger partial charge in [0.25, 0.3) is 0 Å². The van der Waals surface area contributed by atoms with Crippen LogP contribution in [0.15, 0.2) is 0 Å². The molecule has 2 unspecified atom stereocenters. The Morgan fingerprint density at radius 3 is 2.10 bits per heavy atom. The average molecular weight is 314 g/mol. The predicted molar refractivity (Wildman–Crippen MR) is 84.9 cm³/mol. The molecular weight excluding hydrogens is 284 g/mol. The maximum atomic E-state index is 11.8. The zero-order valence-corrected chi connectivity index (χ0v) is 14.1. The first-order chi connectivity index (χ1) is 9.83. The maximum absolute atomic E-state index is 11.8. The lowest BCUT2D eigenvalue weighted by Gasteiger charge is -2.48. The number of hydrogen-bond acceptors (Lipinski definition) is 3. The van der Waals surface area contributed by atoms with E-state index in [-0.39, 0.29) is 11.2 Å². The molecule has 3 aliphatic carbocycles. The zero-order valence-electron chi connectivity index (χ0n) is 13.3. The van der Waals surface area contributed by atoms with Crippen LogP contribution in [-0.4, -0.2) is 30.6 Å². The fraction of sp³-hybridized carbons (Fsp3) is 1.00. The van der Waals surface area contributed by atoms with Crippen molar-refractivity contribution in [1.82, 2.24) is 0 Å². The molecule has 0 radical (unpaired) electrons. The van der Waals surface area contributed by atoms with Crippen molar-refractivity contribution in [2.75, 3.05) is 6.26 Å². The van der Waals surface area contributed by atoms with Gasteiger partial charge in [-0.3, -0.25) is 0 Å². The van der Waals surface area contributed by atoms with Gasteiger partial charge in [0.2, 0.25) is 0 Å². The molecule has 3 rings (SSSR count). The number of rotatable bonds is 2. The second-order valence-electron chi connectivity index (χ2n) is 8.13. The first-order valence-corrected chi connectivity index (χ1v) is 10.7. The molecule has 3 fully saturated rings. The standard InChI is InChI=1S/C17H30O3S/c1-21(19,20)15-6-4-5-14(13-15)17(18)11-9-16(10-12-17)7-2-3-8-16/h14-15,18H,2-13H2,1H3. The molecule has 0 heterocycles. The SMILES string of the molecule is CS(=O)(=O)C1CCCC(C2(O)CCC3(CCCC3)CC2)C1. The van der Waals surface area contributed by atoms with Crippen molar-refractivity contribution >= 4 is 9.84 Å². The monoisotopic (exact) mass is 314 g/mol. The minimum Gasteiger partial charge on any atom is -0.390 e. The molecule has 0 bridgehead atoms. The summed E-state index contributed by atoms with van der Waals surface area (Å²) in [5, 5.41) is 10.9. The van der Waals surface area contributed by atoms with E-state index >= 15 is 0 Å². The van der Waals surface area contributed by atoms with Gasteiger partial charge in [-0.1, -0.05) is 19.3 Å². The van der Waals surface area contributed by atoms with Crippen molar-refractivity contribution in [3.63, 3.8) is 0 Å². The Bertz CT molecular complexity index is 466. The number of aliphatic hydroxyl groups is 1. The molecule has 0 aromatic heterocycles. The van der Waals surface area contributed by atoms with E-state index in [0.29, 0.717) is 11.8 Å². The zero-order chi connectivity index (χ0) is 15.1. The summed E-state index contributed by atoms with van der Waals surface area (Å²) in [6.07, 6.45) is 14.3. The molecule has 2 atom stereocenters. The van der Waals surface area contributed by atoms with E-state index in [2.05, 4.69) is 0 Å². The van der Waals surface area contributed by atoms with Gasteiger partial charge in [0.05, 0.1) is 10.9 Å². The highest BCUT2D eigenvalue weighted by molar-refractivity contribution is 7.91. The Hall–Kier alpha value is -0.0900. The number of sulfone groups is 1. The van der Waals surface area contributed by atoms with Crippen LogP contribution in [-0.2, 0) is 9.84 Å². The van der Waals surface area contributed by atoms with Gasteiger partial charge >= 0.3 is 0 Å². The van der Waals surface area contributed by atoms with Crippen LogP contribution in [0.4, 0.5) is 0 Å². The Kier molecular flexibility index (Phi) is 4.15. The third-order valence-electron chi connectivity index (χ3n) is 6.83. The van der Waals surface area contributed by atoms with E-state index in [1.54, 1.807) is 0 Å². The summed E-state index contributed by atoms with van der Waals surface area (Å²) >= 11 is 0. The first kappa shape index (κ1) is 15.8. The second kappa shape index (κ2) is 5.52. The topological polar surface area (TPSA) is 54.4 Å². The van der Waals surface area contributed by atoms with Gasteiger partial charge in [-0.15, -0.1) is 0 Å². The lowest BCUT2D eigenvalue weighted by atomic mass is 9.62. The van der Waals surface area contributed by atoms with E-state index in [9.17, 15) is 13.5 Å². The largest absolute Gasteiger partial charge is 0.390 e. The van der Waals surface area contributed by atoms with Gasteiger partial charge in [-0.05, 0) is 69.1 Å². The predicted octanol–water partition coefficient (Wildman–Crippen LogP) is 3.46. The molecule has 4 heteroatoms. The molecule has 3 nitrogen and oxygen atoms in total. The third kappa shape index (κ3) is 3.17. The normalized spacial score (nSPS) is 35.9. The van der Waals surface area contributed by atoms with Crippen LogP contribution in [0.1, 0.15) is 77.0 Å². The molecule has 3 aliphatic rings. The van der Waals surface area contributed by atoms with Gasteiger partial charge in [-0.2, -0.15) is 0 Å². The van der Waals surface area contributed by atoms with E-state index < -0.39 is 15.4 Å². The van der Waals surface area contributed by atoms with Crippen molar-refractivity contribution in [2.24, 2.45) is 11.3 Å². The number of hydrogen-bond donors (Lipinski definition) is 1. The molecule has 0 saturated heterocycles. The minimum absolute atomic E-state index is 0.199. The second-order valence-corrected chi connectivity index (χ2v) is 10.5. The van der Waals surface area contributed by atoms with E-state index in [1.807, 2.05) is 0 Å². The Morgan fingerprint density at radius 1 is 0.905 bits per heavy atom. The van der Waals surface area contributed by atoms with Gasteiger partial charge in [-0.25, -0.2) is 8.42 Å².